The average molecular weight is 333 g/mol. The van der Waals surface area contributed by atoms with Crippen molar-refractivity contribution in [3.8, 4) is 11.1 Å². The lowest BCUT2D eigenvalue weighted by molar-refractivity contribution is -0.117. The molecule has 1 atom stereocenters. The lowest BCUT2D eigenvalue weighted by Gasteiger charge is -2.09. The van der Waals surface area contributed by atoms with Crippen molar-refractivity contribution in [2.75, 3.05) is 0 Å². The largest absolute Gasteiger partial charge is 0.370 e. The fourth-order valence-electron chi connectivity index (χ4n) is 2.57. The number of fused-ring (bicyclic) bond motifs is 1. The first-order valence-electron chi connectivity index (χ1n) is 6.83. The number of aliphatic imine (C=N–C) groups is 1. The number of thioether (sulfide) groups is 1. The van der Waals surface area contributed by atoms with Gasteiger partial charge in [-0.3, -0.25) is 4.79 Å². The third-order valence-electron chi connectivity index (χ3n) is 3.55. The topological polar surface area (TPSA) is 81.5 Å². The number of carbonyl (C=O) groups excluding carboxylic acids is 1. The highest BCUT2D eigenvalue weighted by Crippen LogP contribution is 2.43. The molecule has 0 radical (unpaired) electrons. The third kappa shape index (κ3) is 2.92. The van der Waals surface area contributed by atoms with Crippen LogP contribution in [0.4, 0.5) is 8.78 Å². The third-order valence-corrected chi connectivity index (χ3v) is 4.84. The Morgan fingerprint density at radius 1 is 1.13 bits per heavy atom. The lowest BCUT2D eigenvalue weighted by Crippen LogP contribution is -2.27. The van der Waals surface area contributed by atoms with Crippen molar-refractivity contribution < 1.29 is 13.6 Å². The van der Waals surface area contributed by atoms with E-state index >= 15 is 0 Å². The Bertz CT molecular complexity index is 819. The molecule has 0 spiro atoms. The second kappa shape index (κ2) is 6.00. The molecule has 3 rings (SSSR count). The zero-order chi connectivity index (χ0) is 16.6. The smallest absolute Gasteiger partial charge is 0.262 e. The first kappa shape index (κ1) is 15.5. The summed E-state index contributed by atoms with van der Waals surface area (Å²) in [5.74, 6) is -2.52. The normalized spacial score (nSPS) is 16.0. The molecule has 0 fully saturated rings. The molecule has 2 aromatic rings. The van der Waals surface area contributed by atoms with Gasteiger partial charge in [0.2, 0.25) is 0 Å². The Morgan fingerprint density at radius 2 is 1.83 bits per heavy atom. The summed E-state index contributed by atoms with van der Waals surface area (Å²) in [5, 5.41) is -0.468. The Morgan fingerprint density at radius 3 is 2.57 bits per heavy atom. The van der Waals surface area contributed by atoms with Crippen LogP contribution in [0.5, 0.6) is 0 Å². The van der Waals surface area contributed by atoms with Crippen LogP contribution in [0.1, 0.15) is 5.56 Å². The van der Waals surface area contributed by atoms with Gasteiger partial charge in [-0.05, 0) is 29.7 Å². The number of benzene rings is 2. The molecule has 0 saturated heterocycles. The van der Waals surface area contributed by atoms with Gasteiger partial charge in [0.15, 0.2) is 17.6 Å². The van der Waals surface area contributed by atoms with Crippen molar-refractivity contribution in [3.05, 3.63) is 53.6 Å². The summed E-state index contributed by atoms with van der Waals surface area (Å²) in [6.45, 7) is 0. The van der Waals surface area contributed by atoms with E-state index in [1.54, 1.807) is 12.1 Å². The van der Waals surface area contributed by atoms with Crippen LogP contribution in [0.15, 0.2) is 46.3 Å². The number of rotatable bonds is 2. The average Bonchev–Trinajstić information content (AvgIpc) is 2.94. The summed E-state index contributed by atoms with van der Waals surface area (Å²) in [6.07, 6.45) is 0.363. The van der Waals surface area contributed by atoms with Crippen LogP contribution in [-0.2, 0) is 11.2 Å². The van der Waals surface area contributed by atoms with Crippen molar-refractivity contribution in [1.82, 2.24) is 0 Å². The van der Waals surface area contributed by atoms with Crippen molar-refractivity contribution >= 4 is 23.6 Å². The Labute approximate surface area is 135 Å². The van der Waals surface area contributed by atoms with E-state index in [1.807, 2.05) is 6.07 Å². The Hall–Kier alpha value is -2.41. The lowest BCUT2D eigenvalue weighted by atomic mass is 9.96. The second-order valence-corrected chi connectivity index (χ2v) is 6.31. The number of nitrogens with two attached hydrogens (primary N) is 2. The van der Waals surface area contributed by atoms with Gasteiger partial charge in [0.05, 0.1) is 5.25 Å². The van der Waals surface area contributed by atoms with Gasteiger partial charge in [0.1, 0.15) is 0 Å². The predicted octanol–water partition coefficient (Wildman–Crippen LogP) is 2.45. The molecule has 0 bridgehead atoms. The Kier molecular flexibility index (Phi) is 4.04. The van der Waals surface area contributed by atoms with E-state index in [1.165, 1.54) is 23.9 Å². The van der Waals surface area contributed by atoms with Gasteiger partial charge in [-0.1, -0.05) is 24.3 Å². The molecule has 23 heavy (non-hydrogen) atoms. The first-order valence-corrected chi connectivity index (χ1v) is 7.71. The molecule has 0 aromatic heterocycles. The summed E-state index contributed by atoms with van der Waals surface area (Å²) in [6, 6.07) is 9.34. The van der Waals surface area contributed by atoms with Gasteiger partial charge in [-0.15, -0.1) is 11.8 Å². The van der Waals surface area contributed by atoms with Crippen LogP contribution in [0.3, 0.4) is 0 Å². The molecule has 1 heterocycles. The molecule has 1 amide bonds. The van der Waals surface area contributed by atoms with E-state index in [4.69, 9.17) is 11.5 Å². The quantitative estimate of drug-likeness (QED) is 0.653. The van der Waals surface area contributed by atoms with Crippen molar-refractivity contribution in [2.24, 2.45) is 16.5 Å². The number of hydrogen-bond acceptors (Lipinski definition) is 2. The van der Waals surface area contributed by atoms with Crippen molar-refractivity contribution in [1.29, 1.82) is 0 Å². The molecule has 1 aliphatic rings. The maximum Gasteiger partial charge on any atom is 0.262 e. The molecule has 7 heteroatoms. The van der Waals surface area contributed by atoms with Gasteiger partial charge in [0.25, 0.3) is 5.91 Å². The molecule has 4 N–H and O–H groups in total. The number of halogens is 2. The van der Waals surface area contributed by atoms with Gasteiger partial charge in [0, 0.05) is 10.5 Å². The van der Waals surface area contributed by atoms with Crippen molar-refractivity contribution in [3.63, 3.8) is 0 Å². The maximum atomic E-state index is 14.1. The number of carbonyl (C=O) groups is 1. The fraction of sp³-hybridized carbons (Fsp3) is 0.125. The summed E-state index contributed by atoms with van der Waals surface area (Å²) in [7, 11) is 0. The molecule has 1 aliphatic heterocycles. The summed E-state index contributed by atoms with van der Waals surface area (Å²) >= 11 is 1.32. The second-order valence-electron chi connectivity index (χ2n) is 5.07. The molecule has 118 valence electrons. The highest BCUT2D eigenvalue weighted by atomic mass is 32.2. The van der Waals surface area contributed by atoms with Crippen LogP contribution in [0.2, 0.25) is 0 Å². The Balaban J connectivity index is 2.01. The van der Waals surface area contributed by atoms with E-state index in [2.05, 4.69) is 4.99 Å². The van der Waals surface area contributed by atoms with E-state index in [0.29, 0.717) is 12.0 Å². The van der Waals surface area contributed by atoms with Gasteiger partial charge in [-0.25, -0.2) is 8.78 Å². The minimum atomic E-state index is -0.904. The predicted molar refractivity (Wildman–Crippen MR) is 86.0 cm³/mol. The number of hydrogen-bond donors (Lipinski definition) is 2. The van der Waals surface area contributed by atoms with Crippen molar-refractivity contribution in [2.45, 2.75) is 16.6 Å². The summed E-state index contributed by atoms with van der Waals surface area (Å²) in [4.78, 5) is 16.4. The van der Waals surface area contributed by atoms with E-state index in [9.17, 15) is 13.6 Å². The SMILES string of the molecule is NC(N)=NC(=O)C1Cc2c(cccc2-c2cccc(F)c2F)S1. The molecular weight excluding hydrogens is 320 g/mol. The van der Waals surface area contributed by atoms with Crippen LogP contribution in [0, 0.1) is 11.6 Å². The summed E-state index contributed by atoms with van der Waals surface area (Å²) in [5.41, 5.74) is 12.0. The van der Waals surface area contributed by atoms with Crippen LogP contribution < -0.4 is 11.5 Å². The molecule has 2 aromatic carbocycles. The first-order chi connectivity index (χ1) is 11.0. The zero-order valence-electron chi connectivity index (χ0n) is 11.9. The highest BCUT2D eigenvalue weighted by molar-refractivity contribution is 8.01. The standard InChI is InChI=1S/C16H13F2N3OS/c17-11-5-1-4-9(14(11)18)8-3-2-6-12-10(8)7-13(23-12)15(22)21-16(19)20/h1-6,13H,7H2,(H4,19,20,21,22). The number of guanidine groups is 1. The molecular formula is C16H13F2N3OS. The van der Waals surface area contributed by atoms with Gasteiger partial charge in [-0.2, -0.15) is 4.99 Å². The highest BCUT2D eigenvalue weighted by Gasteiger charge is 2.30. The molecule has 4 nitrogen and oxygen atoms in total. The maximum absolute atomic E-state index is 14.1. The van der Waals surface area contributed by atoms with Gasteiger partial charge < -0.3 is 11.5 Å². The fourth-order valence-corrected chi connectivity index (χ4v) is 3.77. The molecule has 1 unspecified atom stereocenters. The molecule has 0 aliphatic carbocycles. The minimum Gasteiger partial charge on any atom is -0.370 e. The summed E-state index contributed by atoms with van der Waals surface area (Å²) < 4.78 is 27.6. The number of amides is 1. The van der Waals surface area contributed by atoms with Gasteiger partial charge >= 0.3 is 0 Å². The number of nitrogens with zero attached hydrogens (tertiary/aromatic N) is 1. The zero-order valence-corrected chi connectivity index (χ0v) is 12.7. The van der Waals surface area contributed by atoms with Crippen LogP contribution in [0.25, 0.3) is 11.1 Å². The van der Waals surface area contributed by atoms with Crippen LogP contribution in [-0.4, -0.2) is 17.1 Å². The van der Waals surface area contributed by atoms with E-state index in [0.717, 1.165) is 16.5 Å². The molecule has 0 saturated carbocycles. The minimum absolute atomic E-state index is 0.178. The monoisotopic (exact) mass is 333 g/mol. The van der Waals surface area contributed by atoms with E-state index < -0.39 is 22.8 Å². The van der Waals surface area contributed by atoms with E-state index in [-0.39, 0.29) is 11.5 Å². The van der Waals surface area contributed by atoms with Crippen LogP contribution >= 0.6 is 11.8 Å².